The van der Waals surface area contributed by atoms with Crippen molar-refractivity contribution in [3.05, 3.63) is 32.4 Å². The van der Waals surface area contributed by atoms with E-state index in [4.69, 9.17) is 10.00 Å². The molecule has 1 rings (SSSR count). The fourth-order valence-electron chi connectivity index (χ4n) is 1.45. The van der Waals surface area contributed by atoms with Crippen LogP contribution in [0.5, 0.6) is 0 Å². The Morgan fingerprint density at radius 1 is 1.47 bits per heavy atom. The van der Waals surface area contributed by atoms with Gasteiger partial charge in [0.25, 0.3) is 0 Å². The predicted octanol–water partition coefficient (Wildman–Crippen LogP) is 3.29. The molecule has 1 aromatic carbocycles. The molecule has 0 aromatic heterocycles. The van der Waals surface area contributed by atoms with Crippen LogP contribution < -0.4 is 0 Å². The van der Waals surface area contributed by atoms with Crippen molar-refractivity contribution in [1.82, 2.24) is 0 Å². The van der Waals surface area contributed by atoms with Gasteiger partial charge < -0.3 is 4.74 Å². The summed E-state index contributed by atoms with van der Waals surface area (Å²) < 4.78 is 43.1. The van der Waals surface area contributed by atoms with Crippen LogP contribution in [0.25, 0.3) is 0 Å². The van der Waals surface area contributed by atoms with Crippen LogP contribution in [0.2, 0.25) is 0 Å². The predicted molar refractivity (Wildman–Crippen MR) is 69.2 cm³/mol. The van der Waals surface area contributed by atoms with Gasteiger partial charge in [-0.2, -0.15) is 18.4 Å². The van der Waals surface area contributed by atoms with Crippen LogP contribution in [0.1, 0.15) is 23.6 Å². The van der Waals surface area contributed by atoms with E-state index in [0.717, 1.165) is 12.1 Å². The van der Waals surface area contributed by atoms with E-state index in [9.17, 15) is 18.0 Å². The summed E-state index contributed by atoms with van der Waals surface area (Å²) >= 11 is 1.70. The minimum atomic E-state index is -4.59. The van der Waals surface area contributed by atoms with Crippen molar-refractivity contribution in [1.29, 1.82) is 5.26 Å². The monoisotopic (exact) mass is 383 g/mol. The molecule has 0 amide bonds. The molecule has 0 N–H and O–H groups in total. The molecule has 0 aliphatic carbocycles. The van der Waals surface area contributed by atoms with Gasteiger partial charge in [0.15, 0.2) is 0 Å². The largest absolute Gasteiger partial charge is 0.466 e. The summed E-state index contributed by atoms with van der Waals surface area (Å²) in [7, 11) is 0. The number of hydrogen-bond donors (Lipinski definition) is 0. The third-order valence-corrected chi connectivity index (χ3v) is 3.26. The van der Waals surface area contributed by atoms with Crippen LogP contribution in [0.3, 0.4) is 0 Å². The van der Waals surface area contributed by atoms with Gasteiger partial charge in [-0.1, -0.05) is 0 Å². The van der Waals surface area contributed by atoms with Crippen molar-refractivity contribution in [3.63, 3.8) is 0 Å². The van der Waals surface area contributed by atoms with Gasteiger partial charge in [-0.05, 0) is 47.2 Å². The zero-order chi connectivity index (χ0) is 14.6. The number of hydrogen-bond acceptors (Lipinski definition) is 3. The lowest BCUT2D eigenvalue weighted by Gasteiger charge is -2.12. The molecule has 0 saturated heterocycles. The van der Waals surface area contributed by atoms with Crippen LogP contribution >= 0.6 is 22.6 Å². The first kappa shape index (κ1) is 15.8. The molecule has 7 heteroatoms. The number of carbonyl (C=O) groups excluding carboxylic acids is 1. The lowest BCUT2D eigenvalue weighted by Crippen LogP contribution is -2.12. The van der Waals surface area contributed by atoms with Crippen molar-refractivity contribution < 1.29 is 22.7 Å². The lowest BCUT2D eigenvalue weighted by atomic mass is 10.0. The van der Waals surface area contributed by atoms with E-state index in [1.807, 2.05) is 0 Å². The van der Waals surface area contributed by atoms with E-state index in [2.05, 4.69) is 0 Å². The Morgan fingerprint density at radius 2 is 2.11 bits per heavy atom. The second-order valence-corrected chi connectivity index (χ2v) is 4.74. The van der Waals surface area contributed by atoms with E-state index in [0.29, 0.717) is 5.56 Å². The van der Waals surface area contributed by atoms with Crippen molar-refractivity contribution in [2.45, 2.75) is 19.5 Å². The van der Waals surface area contributed by atoms with E-state index in [-0.39, 0.29) is 16.6 Å². The number of nitrogens with zero attached hydrogens (tertiary/aromatic N) is 1. The average molecular weight is 383 g/mol. The minimum Gasteiger partial charge on any atom is -0.466 e. The molecule has 0 heterocycles. The zero-order valence-electron chi connectivity index (χ0n) is 9.84. The van der Waals surface area contributed by atoms with E-state index in [1.165, 1.54) is 6.07 Å². The standard InChI is InChI=1S/C12H9F3INO2/c1-2-19-11(18)4-7-3-8(6-17)9(5-10(7)16)12(13,14)15/h3,5H,2,4H2,1H3. The number of rotatable bonds is 3. The molecule has 0 saturated carbocycles. The molecular weight excluding hydrogens is 374 g/mol. The Morgan fingerprint density at radius 3 is 2.58 bits per heavy atom. The van der Waals surface area contributed by atoms with Gasteiger partial charge in [-0.25, -0.2) is 0 Å². The molecule has 1 aromatic rings. The lowest BCUT2D eigenvalue weighted by molar-refractivity contribution is -0.142. The number of ether oxygens (including phenoxy) is 1. The summed E-state index contributed by atoms with van der Waals surface area (Å²) in [6, 6.07) is 3.45. The molecule has 0 bridgehead atoms. The Balaban J connectivity index is 3.18. The van der Waals surface area contributed by atoms with Gasteiger partial charge >= 0.3 is 12.1 Å². The van der Waals surface area contributed by atoms with Crippen LogP contribution in [0.15, 0.2) is 12.1 Å². The summed E-state index contributed by atoms with van der Waals surface area (Å²) in [6.45, 7) is 1.83. The quantitative estimate of drug-likeness (QED) is 0.595. The topological polar surface area (TPSA) is 50.1 Å². The van der Waals surface area contributed by atoms with E-state index < -0.39 is 23.3 Å². The highest BCUT2D eigenvalue weighted by molar-refractivity contribution is 14.1. The van der Waals surface area contributed by atoms with Crippen molar-refractivity contribution in [3.8, 4) is 6.07 Å². The molecule has 3 nitrogen and oxygen atoms in total. The van der Waals surface area contributed by atoms with Gasteiger partial charge in [-0.15, -0.1) is 0 Å². The third kappa shape index (κ3) is 4.09. The number of halogens is 4. The van der Waals surface area contributed by atoms with E-state index in [1.54, 1.807) is 29.5 Å². The SMILES string of the molecule is CCOC(=O)Cc1cc(C#N)c(C(F)(F)F)cc1I. The molecule has 0 fully saturated rings. The molecular formula is C12H9F3INO2. The van der Waals surface area contributed by atoms with Gasteiger partial charge in [0, 0.05) is 3.57 Å². The highest BCUT2D eigenvalue weighted by atomic mass is 127. The fraction of sp³-hybridized carbons (Fsp3) is 0.333. The Hall–Kier alpha value is -1.30. The summed E-state index contributed by atoms with van der Waals surface area (Å²) in [5, 5.41) is 8.77. The van der Waals surface area contributed by atoms with Crippen molar-refractivity contribution in [2.24, 2.45) is 0 Å². The molecule has 0 radical (unpaired) electrons. The molecule has 102 valence electrons. The smallest absolute Gasteiger partial charge is 0.417 e. The third-order valence-electron chi connectivity index (χ3n) is 2.25. The number of esters is 1. The Kier molecular flexibility index (Phi) is 5.17. The first-order chi connectivity index (χ1) is 8.79. The molecule has 0 aliphatic heterocycles. The number of alkyl halides is 3. The molecule has 19 heavy (non-hydrogen) atoms. The van der Waals surface area contributed by atoms with Gasteiger partial charge in [-0.3, -0.25) is 4.79 Å². The van der Waals surface area contributed by atoms with Crippen LogP contribution in [0, 0.1) is 14.9 Å². The van der Waals surface area contributed by atoms with Crippen LogP contribution in [-0.2, 0) is 22.1 Å². The minimum absolute atomic E-state index is 0.154. The normalized spacial score (nSPS) is 10.9. The number of benzene rings is 1. The highest BCUT2D eigenvalue weighted by Gasteiger charge is 2.34. The maximum absolute atomic E-state index is 12.7. The van der Waals surface area contributed by atoms with E-state index >= 15 is 0 Å². The first-order valence-corrected chi connectivity index (χ1v) is 6.32. The van der Waals surface area contributed by atoms with Gasteiger partial charge in [0.1, 0.15) is 0 Å². The molecule has 0 spiro atoms. The van der Waals surface area contributed by atoms with Crippen molar-refractivity contribution >= 4 is 28.6 Å². The highest BCUT2D eigenvalue weighted by Crippen LogP contribution is 2.34. The maximum Gasteiger partial charge on any atom is 0.417 e. The summed E-state index contributed by atoms with van der Waals surface area (Å²) in [4.78, 5) is 11.3. The van der Waals surface area contributed by atoms with Crippen LogP contribution in [0.4, 0.5) is 13.2 Å². The molecule has 0 atom stereocenters. The van der Waals surface area contributed by atoms with Crippen molar-refractivity contribution in [2.75, 3.05) is 6.61 Å². The Labute approximate surface area is 121 Å². The second kappa shape index (κ2) is 6.23. The fourth-order valence-corrected chi connectivity index (χ4v) is 2.11. The van der Waals surface area contributed by atoms with Gasteiger partial charge in [0.05, 0.1) is 30.2 Å². The van der Waals surface area contributed by atoms with Gasteiger partial charge in [0.2, 0.25) is 0 Å². The summed E-state index contributed by atoms with van der Waals surface area (Å²) in [6.07, 6.45) is -4.74. The zero-order valence-corrected chi connectivity index (χ0v) is 12.0. The average Bonchev–Trinajstić information content (AvgIpc) is 2.30. The summed E-state index contributed by atoms with van der Waals surface area (Å²) in [5.41, 5.74) is -1.14. The van der Waals surface area contributed by atoms with Crippen LogP contribution in [-0.4, -0.2) is 12.6 Å². The molecule has 0 aliphatic rings. The first-order valence-electron chi connectivity index (χ1n) is 5.25. The maximum atomic E-state index is 12.7. The Bertz CT molecular complexity index is 535. The number of nitriles is 1. The number of carbonyl (C=O) groups is 1. The second-order valence-electron chi connectivity index (χ2n) is 3.58. The summed E-state index contributed by atoms with van der Waals surface area (Å²) in [5.74, 6) is -0.538. The molecule has 0 unspecified atom stereocenters.